The first-order valence-corrected chi connectivity index (χ1v) is 15.6. The Morgan fingerprint density at radius 1 is 0.542 bits per heavy atom. The van der Waals surface area contributed by atoms with Crippen LogP contribution in [0.15, 0.2) is 144 Å². The van der Waals surface area contributed by atoms with Crippen molar-refractivity contribution in [3.05, 3.63) is 163 Å². The van der Waals surface area contributed by atoms with Gasteiger partial charge in [-0.2, -0.15) is 0 Å². The maximum atomic E-state index is 6.53. The number of benzene rings is 5. The minimum Gasteiger partial charge on any atom is -0.500 e. The molecule has 0 saturated heterocycles. The second kappa shape index (κ2) is 13.3. The summed E-state index contributed by atoms with van der Waals surface area (Å²) < 4.78 is 6.53. The molecule has 5 heteroatoms. The number of pyridine rings is 3. The van der Waals surface area contributed by atoms with E-state index >= 15 is 0 Å². The summed E-state index contributed by atoms with van der Waals surface area (Å²) in [5, 5.41) is 5.60. The Morgan fingerprint density at radius 2 is 1.33 bits per heavy atom. The molecule has 5 aromatic carbocycles. The minimum atomic E-state index is 0. The standard InChI is InChI=1S/C32H21N2O.C11H8N.Ir/c1-19-15-29-22(8-6-14-33-29)16-27(19)28-17-30(34-18-20(28)2)26-11-5-10-24-25-13-12-21-7-3-4-9-23(21)31(25)35-32(24)26;1-2-6-10(7-3-1)11-8-4-5-9-12-11;/h3-10,12-18H,1-2H3;1-6,8-9H;/q2*-1;. The van der Waals surface area contributed by atoms with Crippen molar-refractivity contribution >= 4 is 43.6 Å². The topological polar surface area (TPSA) is 51.8 Å². The van der Waals surface area contributed by atoms with Crippen LogP contribution in [0.5, 0.6) is 0 Å². The average molecular weight is 796 g/mol. The Morgan fingerprint density at radius 3 is 2.19 bits per heavy atom. The predicted octanol–water partition coefficient (Wildman–Crippen LogP) is 11.0. The zero-order valence-electron chi connectivity index (χ0n) is 26.4. The molecule has 4 heterocycles. The molecule has 0 atom stereocenters. The van der Waals surface area contributed by atoms with E-state index in [1.54, 1.807) is 6.20 Å². The molecule has 233 valence electrons. The molecule has 0 unspecified atom stereocenters. The first-order valence-electron chi connectivity index (χ1n) is 15.6. The maximum absolute atomic E-state index is 6.53. The van der Waals surface area contributed by atoms with Gasteiger partial charge in [0.05, 0.1) is 11.1 Å². The first kappa shape index (κ1) is 31.1. The van der Waals surface area contributed by atoms with E-state index in [0.29, 0.717) is 0 Å². The van der Waals surface area contributed by atoms with Crippen molar-refractivity contribution in [2.75, 3.05) is 0 Å². The number of fused-ring (bicyclic) bond motifs is 6. The Balaban J connectivity index is 0.000000237. The third-order valence-corrected chi connectivity index (χ3v) is 8.57. The van der Waals surface area contributed by atoms with Crippen LogP contribution in [0.3, 0.4) is 0 Å². The Hall–Kier alpha value is -5.48. The summed E-state index contributed by atoms with van der Waals surface area (Å²) in [6.07, 6.45) is 5.57. The van der Waals surface area contributed by atoms with E-state index in [0.717, 1.165) is 71.9 Å². The van der Waals surface area contributed by atoms with Gasteiger partial charge in [0, 0.05) is 54.9 Å². The van der Waals surface area contributed by atoms with Crippen LogP contribution in [-0.4, -0.2) is 15.0 Å². The van der Waals surface area contributed by atoms with Crippen LogP contribution >= 0.6 is 0 Å². The molecular formula is C43H29IrN3O-2. The number of hydrogen-bond donors (Lipinski definition) is 0. The van der Waals surface area contributed by atoms with E-state index in [2.05, 4.69) is 103 Å². The van der Waals surface area contributed by atoms with Crippen LogP contribution in [0.2, 0.25) is 0 Å². The van der Waals surface area contributed by atoms with Gasteiger partial charge in [0.2, 0.25) is 0 Å². The van der Waals surface area contributed by atoms with Gasteiger partial charge in [0.25, 0.3) is 0 Å². The van der Waals surface area contributed by atoms with E-state index in [4.69, 9.17) is 9.40 Å². The van der Waals surface area contributed by atoms with Crippen molar-refractivity contribution in [1.29, 1.82) is 0 Å². The Bertz CT molecular complexity index is 2510. The van der Waals surface area contributed by atoms with Crippen molar-refractivity contribution in [3.63, 3.8) is 0 Å². The Labute approximate surface area is 292 Å². The second-order valence-electron chi connectivity index (χ2n) is 11.6. The van der Waals surface area contributed by atoms with Gasteiger partial charge in [-0.25, -0.2) is 0 Å². The molecule has 9 rings (SSSR count). The fraction of sp³-hybridized carbons (Fsp3) is 0.0465. The van der Waals surface area contributed by atoms with Gasteiger partial charge in [0.15, 0.2) is 0 Å². The summed E-state index contributed by atoms with van der Waals surface area (Å²) in [6.45, 7) is 4.25. The summed E-state index contributed by atoms with van der Waals surface area (Å²) >= 11 is 0. The molecule has 48 heavy (non-hydrogen) atoms. The summed E-state index contributed by atoms with van der Waals surface area (Å²) in [7, 11) is 0. The summed E-state index contributed by atoms with van der Waals surface area (Å²) in [5.74, 6) is 0. The van der Waals surface area contributed by atoms with Crippen LogP contribution in [0.4, 0.5) is 0 Å². The molecule has 1 radical (unpaired) electrons. The maximum Gasteiger partial charge on any atom is 0.128 e. The monoisotopic (exact) mass is 796 g/mol. The van der Waals surface area contributed by atoms with Crippen molar-refractivity contribution in [3.8, 4) is 33.6 Å². The van der Waals surface area contributed by atoms with E-state index in [9.17, 15) is 0 Å². The largest absolute Gasteiger partial charge is 0.500 e. The van der Waals surface area contributed by atoms with Gasteiger partial charge in [-0.15, -0.1) is 54.1 Å². The second-order valence-corrected chi connectivity index (χ2v) is 11.6. The van der Waals surface area contributed by atoms with Crippen LogP contribution in [0.1, 0.15) is 11.1 Å². The van der Waals surface area contributed by atoms with Gasteiger partial charge >= 0.3 is 0 Å². The SMILES string of the molecule is Cc1cnc(-c2[c-]ccc3c2oc2c4ccccc4ccc32)cc1-c1cc2cccnc2cc1C.[Ir].[c-]1ccccc1-c1ccccn1. The Kier molecular flexibility index (Phi) is 8.64. The normalized spacial score (nSPS) is 11.0. The van der Waals surface area contributed by atoms with E-state index < -0.39 is 0 Å². The van der Waals surface area contributed by atoms with Gasteiger partial charge in [-0.1, -0.05) is 71.6 Å². The molecule has 0 aliphatic carbocycles. The summed E-state index contributed by atoms with van der Waals surface area (Å²) in [5.41, 5.74) is 11.1. The molecule has 0 bridgehead atoms. The number of rotatable bonds is 3. The molecule has 4 aromatic heterocycles. The zero-order valence-corrected chi connectivity index (χ0v) is 28.8. The van der Waals surface area contributed by atoms with Gasteiger partial charge in [-0.3, -0.25) is 4.98 Å². The molecule has 4 nitrogen and oxygen atoms in total. The number of hydrogen-bond acceptors (Lipinski definition) is 4. The van der Waals surface area contributed by atoms with Crippen molar-refractivity contribution in [1.82, 2.24) is 15.0 Å². The summed E-state index contributed by atoms with van der Waals surface area (Å²) in [6, 6.07) is 47.5. The molecule has 0 amide bonds. The molecule has 0 saturated carbocycles. The van der Waals surface area contributed by atoms with Crippen molar-refractivity contribution in [2.24, 2.45) is 0 Å². The van der Waals surface area contributed by atoms with Crippen LogP contribution in [0, 0.1) is 26.0 Å². The van der Waals surface area contributed by atoms with E-state index in [1.807, 2.05) is 67.0 Å². The number of furan rings is 1. The molecular weight excluding hydrogens is 767 g/mol. The van der Waals surface area contributed by atoms with Crippen LogP contribution < -0.4 is 0 Å². The fourth-order valence-electron chi connectivity index (χ4n) is 6.20. The smallest absolute Gasteiger partial charge is 0.128 e. The quantitative estimate of drug-likeness (QED) is 0.167. The third kappa shape index (κ3) is 5.79. The average Bonchev–Trinajstić information content (AvgIpc) is 3.52. The molecule has 0 aliphatic rings. The molecule has 0 N–H and O–H groups in total. The van der Waals surface area contributed by atoms with Crippen molar-refractivity contribution in [2.45, 2.75) is 13.8 Å². The molecule has 0 fully saturated rings. The number of aromatic nitrogens is 3. The first-order chi connectivity index (χ1) is 23.1. The van der Waals surface area contributed by atoms with Gasteiger partial charge in [0.1, 0.15) is 5.58 Å². The van der Waals surface area contributed by atoms with Crippen LogP contribution in [-0.2, 0) is 20.1 Å². The van der Waals surface area contributed by atoms with E-state index in [-0.39, 0.29) is 20.1 Å². The van der Waals surface area contributed by atoms with E-state index in [1.165, 1.54) is 16.5 Å². The predicted molar refractivity (Wildman–Crippen MR) is 192 cm³/mol. The molecule has 9 aromatic rings. The number of nitrogens with zero attached hydrogens (tertiary/aromatic N) is 3. The summed E-state index contributed by atoms with van der Waals surface area (Å²) in [4.78, 5) is 13.5. The zero-order chi connectivity index (χ0) is 31.7. The van der Waals surface area contributed by atoms with Crippen molar-refractivity contribution < 1.29 is 24.5 Å². The number of aryl methyl sites for hydroxylation is 2. The third-order valence-electron chi connectivity index (χ3n) is 8.57. The van der Waals surface area contributed by atoms with Gasteiger partial charge < -0.3 is 14.4 Å². The molecule has 0 spiro atoms. The minimum absolute atomic E-state index is 0. The van der Waals surface area contributed by atoms with Gasteiger partial charge in [-0.05, 0) is 77.1 Å². The fourth-order valence-corrected chi connectivity index (χ4v) is 6.20. The molecule has 0 aliphatic heterocycles. The van der Waals surface area contributed by atoms with Crippen LogP contribution in [0.25, 0.3) is 77.3 Å².